The molecule has 0 aliphatic heterocycles. The van der Waals surface area contributed by atoms with Crippen LogP contribution >= 0.6 is 0 Å². The Kier molecular flexibility index (Phi) is 2.52. The molecule has 2 heterocycles. The fourth-order valence-corrected chi connectivity index (χ4v) is 2.22. The van der Waals surface area contributed by atoms with Crippen LogP contribution in [-0.4, -0.2) is 20.7 Å². The van der Waals surface area contributed by atoms with Gasteiger partial charge >= 0.3 is 0 Å². The number of carbonyl (C=O) groups excluding carboxylic acids is 1. The lowest BCUT2D eigenvalue weighted by atomic mass is 10.1. The third-order valence-corrected chi connectivity index (χ3v) is 3.04. The summed E-state index contributed by atoms with van der Waals surface area (Å²) in [6.07, 6.45) is 1.73. The first kappa shape index (κ1) is 11.4. The number of aromatic nitrogens is 3. The van der Waals surface area contributed by atoms with E-state index in [0.29, 0.717) is 11.1 Å². The van der Waals surface area contributed by atoms with Gasteiger partial charge in [-0.25, -0.2) is 0 Å². The normalized spacial score (nSPS) is 10.8. The van der Waals surface area contributed by atoms with Crippen molar-refractivity contribution < 1.29 is 4.79 Å². The molecular weight excluding hydrogens is 240 g/mol. The molecule has 94 valence electrons. The van der Waals surface area contributed by atoms with Crippen molar-refractivity contribution in [2.24, 2.45) is 12.8 Å². The molecule has 1 amide bonds. The summed E-state index contributed by atoms with van der Waals surface area (Å²) < 4.78 is 1.72. The molecule has 0 unspecified atom stereocenters. The summed E-state index contributed by atoms with van der Waals surface area (Å²) in [5.41, 5.74) is 8.10. The van der Waals surface area contributed by atoms with Crippen molar-refractivity contribution in [1.82, 2.24) is 14.8 Å². The zero-order valence-corrected chi connectivity index (χ0v) is 10.4. The number of fused-ring (bicyclic) bond motifs is 1. The molecule has 3 rings (SSSR count). The molecule has 0 atom stereocenters. The number of primary amides is 1. The van der Waals surface area contributed by atoms with Crippen LogP contribution in [0.2, 0.25) is 0 Å². The number of rotatable bonds is 2. The van der Waals surface area contributed by atoms with Gasteiger partial charge in [0.25, 0.3) is 5.91 Å². The zero-order valence-electron chi connectivity index (χ0n) is 10.4. The monoisotopic (exact) mass is 252 g/mol. The van der Waals surface area contributed by atoms with E-state index in [2.05, 4.69) is 10.1 Å². The van der Waals surface area contributed by atoms with Crippen LogP contribution in [0.25, 0.3) is 22.3 Å². The molecule has 0 radical (unpaired) electrons. The lowest BCUT2D eigenvalue weighted by Gasteiger charge is -2.01. The number of carbonyl (C=O) groups is 1. The second kappa shape index (κ2) is 4.20. The van der Waals surface area contributed by atoms with Crippen molar-refractivity contribution in [3.8, 4) is 11.4 Å². The van der Waals surface area contributed by atoms with Gasteiger partial charge in [-0.3, -0.25) is 14.5 Å². The van der Waals surface area contributed by atoms with Crippen LogP contribution < -0.4 is 5.73 Å². The number of aryl methyl sites for hydroxylation is 1. The van der Waals surface area contributed by atoms with E-state index in [1.807, 2.05) is 31.3 Å². The predicted molar refractivity (Wildman–Crippen MR) is 72.5 cm³/mol. The van der Waals surface area contributed by atoms with Crippen LogP contribution in [0, 0.1) is 0 Å². The van der Waals surface area contributed by atoms with E-state index < -0.39 is 5.91 Å². The van der Waals surface area contributed by atoms with E-state index >= 15 is 0 Å². The van der Waals surface area contributed by atoms with Gasteiger partial charge < -0.3 is 5.73 Å². The smallest absolute Gasteiger partial charge is 0.250 e. The van der Waals surface area contributed by atoms with Crippen LogP contribution in [-0.2, 0) is 7.05 Å². The highest BCUT2D eigenvalue weighted by molar-refractivity contribution is 6.07. The Labute approximate surface area is 109 Å². The molecule has 0 saturated heterocycles. The topological polar surface area (TPSA) is 73.8 Å². The van der Waals surface area contributed by atoms with Crippen LogP contribution in [0.15, 0.2) is 42.6 Å². The fraction of sp³-hybridized carbons (Fsp3) is 0.0714. The van der Waals surface area contributed by atoms with Crippen LogP contribution in [0.3, 0.4) is 0 Å². The highest BCUT2D eigenvalue weighted by Crippen LogP contribution is 2.28. The average molecular weight is 252 g/mol. The van der Waals surface area contributed by atoms with Crippen molar-refractivity contribution in [3.63, 3.8) is 0 Å². The third kappa shape index (κ3) is 1.76. The van der Waals surface area contributed by atoms with Crippen molar-refractivity contribution in [3.05, 3.63) is 48.2 Å². The van der Waals surface area contributed by atoms with Gasteiger partial charge in [0.15, 0.2) is 0 Å². The molecule has 2 N–H and O–H groups in total. The van der Waals surface area contributed by atoms with E-state index in [9.17, 15) is 4.79 Å². The van der Waals surface area contributed by atoms with Crippen LogP contribution in [0.5, 0.6) is 0 Å². The Balaban J connectivity index is 2.36. The number of pyridine rings is 1. The van der Waals surface area contributed by atoms with E-state index in [-0.39, 0.29) is 0 Å². The average Bonchev–Trinajstić information content (AvgIpc) is 2.75. The predicted octanol–water partition coefficient (Wildman–Crippen LogP) is 1.73. The SMILES string of the molecule is Cn1nc2c(C(N)=O)cccc2c1-c1ccccn1. The van der Waals surface area contributed by atoms with Gasteiger partial charge in [-0.2, -0.15) is 5.10 Å². The molecule has 3 aromatic rings. The first-order valence-electron chi connectivity index (χ1n) is 5.85. The van der Waals surface area contributed by atoms with Gasteiger partial charge in [-0.05, 0) is 18.2 Å². The van der Waals surface area contributed by atoms with Gasteiger partial charge in [0.1, 0.15) is 5.52 Å². The van der Waals surface area contributed by atoms with Crippen molar-refractivity contribution in [1.29, 1.82) is 0 Å². The van der Waals surface area contributed by atoms with E-state index in [1.165, 1.54) is 0 Å². The standard InChI is InChI=1S/C14H12N4O/c1-18-13(11-7-2-3-8-16-11)9-5-4-6-10(14(15)19)12(9)17-18/h2-8H,1H3,(H2,15,19). The highest BCUT2D eigenvalue weighted by Gasteiger charge is 2.16. The molecule has 19 heavy (non-hydrogen) atoms. The molecule has 0 bridgehead atoms. The maximum absolute atomic E-state index is 11.4. The molecule has 0 fully saturated rings. The molecule has 0 aliphatic carbocycles. The molecule has 5 heteroatoms. The number of nitrogens with two attached hydrogens (primary N) is 1. The first-order chi connectivity index (χ1) is 9.18. The summed E-state index contributed by atoms with van der Waals surface area (Å²) in [4.78, 5) is 15.8. The van der Waals surface area contributed by atoms with E-state index in [4.69, 9.17) is 5.73 Å². The van der Waals surface area contributed by atoms with Gasteiger partial charge in [0.2, 0.25) is 0 Å². The lowest BCUT2D eigenvalue weighted by Crippen LogP contribution is -2.11. The van der Waals surface area contributed by atoms with Gasteiger partial charge in [-0.1, -0.05) is 18.2 Å². The molecule has 2 aromatic heterocycles. The molecular formula is C14H12N4O. The number of benzene rings is 1. The minimum atomic E-state index is -0.476. The Morgan fingerprint density at radius 1 is 1.21 bits per heavy atom. The van der Waals surface area contributed by atoms with Crippen LogP contribution in [0.1, 0.15) is 10.4 Å². The minimum absolute atomic E-state index is 0.426. The third-order valence-electron chi connectivity index (χ3n) is 3.04. The maximum Gasteiger partial charge on any atom is 0.250 e. The van der Waals surface area contributed by atoms with E-state index in [1.54, 1.807) is 23.0 Å². The van der Waals surface area contributed by atoms with Gasteiger partial charge in [-0.15, -0.1) is 0 Å². The summed E-state index contributed by atoms with van der Waals surface area (Å²) >= 11 is 0. The second-order valence-corrected chi connectivity index (χ2v) is 4.25. The maximum atomic E-state index is 11.4. The first-order valence-corrected chi connectivity index (χ1v) is 5.85. The fourth-order valence-electron chi connectivity index (χ4n) is 2.22. The number of hydrogen-bond acceptors (Lipinski definition) is 3. The quantitative estimate of drug-likeness (QED) is 0.754. The summed E-state index contributed by atoms with van der Waals surface area (Å²) in [7, 11) is 1.83. The largest absolute Gasteiger partial charge is 0.366 e. The second-order valence-electron chi connectivity index (χ2n) is 4.25. The molecule has 0 aliphatic rings. The van der Waals surface area contributed by atoms with Gasteiger partial charge in [0.05, 0.1) is 17.0 Å². The molecule has 1 aromatic carbocycles. The minimum Gasteiger partial charge on any atom is -0.366 e. The molecule has 5 nitrogen and oxygen atoms in total. The highest BCUT2D eigenvalue weighted by atomic mass is 16.1. The summed E-state index contributed by atoms with van der Waals surface area (Å²) in [6, 6.07) is 11.1. The zero-order chi connectivity index (χ0) is 13.4. The van der Waals surface area contributed by atoms with Crippen molar-refractivity contribution in [2.75, 3.05) is 0 Å². The number of hydrogen-bond donors (Lipinski definition) is 1. The summed E-state index contributed by atoms with van der Waals surface area (Å²) in [5.74, 6) is -0.476. The Bertz CT molecular complexity index is 762. The summed E-state index contributed by atoms with van der Waals surface area (Å²) in [5, 5.41) is 5.26. The van der Waals surface area contributed by atoms with Crippen molar-refractivity contribution in [2.45, 2.75) is 0 Å². The van der Waals surface area contributed by atoms with E-state index in [0.717, 1.165) is 16.8 Å². The Morgan fingerprint density at radius 2 is 2.05 bits per heavy atom. The summed E-state index contributed by atoms with van der Waals surface area (Å²) in [6.45, 7) is 0. The molecule has 0 saturated carbocycles. The van der Waals surface area contributed by atoms with Crippen LogP contribution in [0.4, 0.5) is 0 Å². The Morgan fingerprint density at radius 3 is 2.74 bits per heavy atom. The molecule has 0 spiro atoms. The van der Waals surface area contributed by atoms with Gasteiger partial charge in [0, 0.05) is 18.6 Å². The van der Waals surface area contributed by atoms with Crippen molar-refractivity contribution >= 4 is 16.8 Å². The lowest BCUT2D eigenvalue weighted by molar-refractivity contribution is 0.100. The number of amides is 1. The number of nitrogens with zero attached hydrogens (tertiary/aromatic N) is 3. The Hall–Kier alpha value is -2.69.